The van der Waals surface area contributed by atoms with Gasteiger partial charge in [0.15, 0.2) is 0 Å². The zero-order valence-electron chi connectivity index (χ0n) is 15.3. The summed E-state index contributed by atoms with van der Waals surface area (Å²) in [4.78, 5) is 39.3. The first kappa shape index (κ1) is 20.0. The van der Waals surface area contributed by atoms with E-state index in [1.54, 1.807) is 24.3 Å². The molecule has 1 aliphatic heterocycles. The molecule has 0 spiro atoms. The van der Waals surface area contributed by atoms with Gasteiger partial charge in [-0.2, -0.15) is 0 Å². The van der Waals surface area contributed by atoms with Gasteiger partial charge in [0.1, 0.15) is 11.5 Å². The molecule has 146 valence electrons. The molecule has 1 aliphatic rings. The van der Waals surface area contributed by atoms with E-state index in [0.717, 1.165) is 21.5 Å². The lowest BCUT2D eigenvalue weighted by molar-refractivity contribution is -0.122. The lowest BCUT2D eigenvalue weighted by Crippen LogP contribution is -2.37. The third-order valence-electron chi connectivity index (χ3n) is 3.92. The Morgan fingerprint density at radius 3 is 2.50 bits per heavy atom. The first-order valence-electron chi connectivity index (χ1n) is 8.32. The number of imide groups is 1. The lowest BCUT2D eigenvalue weighted by atomic mass is 10.2. The molecule has 1 aromatic carbocycles. The van der Waals surface area contributed by atoms with Crippen molar-refractivity contribution < 1.29 is 23.9 Å². The van der Waals surface area contributed by atoms with Crippen molar-refractivity contribution in [2.24, 2.45) is 0 Å². The minimum absolute atomic E-state index is 0.0965. The third kappa shape index (κ3) is 4.55. The highest BCUT2D eigenvalue weighted by Crippen LogP contribution is 2.32. The second-order valence-electron chi connectivity index (χ2n) is 5.71. The molecule has 1 aromatic heterocycles. The van der Waals surface area contributed by atoms with Crippen LogP contribution in [-0.2, 0) is 4.79 Å². The van der Waals surface area contributed by atoms with Gasteiger partial charge in [-0.05, 0) is 41.4 Å². The number of methoxy groups -OCH3 is 2. The normalized spacial score (nSPS) is 15.2. The van der Waals surface area contributed by atoms with Crippen LogP contribution in [0.15, 0.2) is 40.6 Å². The fraction of sp³-hybridized carbons (Fsp3) is 0.211. The molecular weight excluding hydrogens is 400 g/mol. The van der Waals surface area contributed by atoms with Crippen molar-refractivity contribution in [3.8, 4) is 11.5 Å². The fourth-order valence-corrected chi connectivity index (χ4v) is 4.11. The number of benzene rings is 1. The van der Waals surface area contributed by atoms with Crippen molar-refractivity contribution in [2.75, 3.05) is 27.3 Å². The average Bonchev–Trinajstić information content (AvgIpc) is 3.31. The zero-order chi connectivity index (χ0) is 20.1. The molecule has 0 bridgehead atoms. The predicted octanol–water partition coefficient (Wildman–Crippen LogP) is 3.23. The van der Waals surface area contributed by atoms with E-state index in [1.807, 2.05) is 17.5 Å². The van der Waals surface area contributed by atoms with Crippen LogP contribution in [0.25, 0.3) is 6.08 Å². The number of nitrogens with one attached hydrogen (secondary N) is 1. The SMILES string of the molecule is COc1cc(OC)cc(C(=O)NCCN2C(=O)S/C(=C/c3cccs3)C2=O)c1. The van der Waals surface area contributed by atoms with Crippen molar-refractivity contribution >= 4 is 46.2 Å². The molecule has 1 saturated heterocycles. The summed E-state index contributed by atoms with van der Waals surface area (Å²) in [7, 11) is 3.00. The van der Waals surface area contributed by atoms with Crippen LogP contribution in [0.5, 0.6) is 11.5 Å². The molecule has 1 N–H and O–H groups in total. The van der Waals surface area contributed by atoms with Gasteiger partial charge >= 0.3 is 0 Å². The molecule has 1 fully saturated rings. The van der Waals surface area contributed by atoms with E-state index in [9.17, 15) is 14.4 Å². The molecule has 2 heterocycles. The van der Waals surface area contributed by atoms with Gasteiger partial charge in [0.05, 0.1) is 19.1 Å². The molecule has 9 heteroatoms. The van der Waals surface area contributed by atoms with Crippen LogP contribution in [0.1, 0.15) is 15.2 Å². The van der Waals surface area contributed by atoms with Gasteiger partial charge in [-0.3, -0.25) is 19.3 Å². The van der Waals surface area contributed by atoms with Gasteiger partial charge in [0.25, 0.3) is 17.1 Å². The number of hydrogen-bond donors (Lipinski definition) is 1. The molecule has 2 aromatic rings. The minimum Gasteiger partial charge on any atom is -0.497 e. The Morgan fingerprint density at radius 1 is 1.18 bits per heavy atom. The first-order valence-corrected chi connectivity index (χ1v) is 10.0. The molecule has 0 radical (unpaired) electrons. The van der Waals surface area contributed by atoms with Gasteiger partial charge in [-0.1, -0.05) is 6.07 Å². The van der Waals surface area contributed by atoms with Crippen molar-refractivity contribution in [1.82, 2.24) is 10.2 Å². The number of nitrogens with zero attached hydrogens (tertiary/aromatic N) is 1. The number of amides is 3. The van der Waals surface area contributed by atoms with E-state index < -0.39 is 0 Å². The Balaban J connectivity index is 1.59. The van der Waals surface area contributed by atoms with Gasteiger partial charge in [0, 0.05) is 29.6 Å². The fourth-order valence-electron chi connectivity index (χ4n) is 2.52. The maximum atomic E-state index is 12.4. The summed E-state index contributed by atoms with van der Waals surface area (Å²) in [5.41, 5.74) is 0.364. The Morgan fingerprint density at radius 2 is 1.89 bits per heavy atom. The summed E-state index contributed by atoms with van der Waals surface area (Å²) >= 11 is 2.39. The third-order valence-corrected chi connectivity index (χ3v) is 5.65. The van der Waals surface area contributed by atoms with Crippen LogP contribution in [0.4, 0.5) is 4.79 Å². The number of hydrogen-bond acceptors (Lipinski definition) is 7. The highest BCUT2D eigenvalue weighted by Gasteiger charge is 2.34. The Bertz CT molecular complexity index is 902. The standard InChI is InChI=1S/C19H18N2O5S2/c1-25-13-8-12(9-14(10-13)26-2)17(22)20-5-6-21-18(23)16(28-19(21)24)11-15-4-3-7-27-15/h3-4,7-11H,5-6H2,1-2H3,(H,20,22)/b16-11+. The molecular formula is C19H18N2O5S2. The van der Waals surface area contributed by atoms with Crippen LogP contribution >= 0.6 is 23.1 Å². The average molecular weight is 418 g/mol. The van der Waals surface area contributed by atoms with Gasteiger partial charge in [-0.25, -0.2) is 0 Å². The Kier molecular flexibility index (Phi) is 6.37. The second-order valence-corrected chi connectivity index (χ2v) is 7.68. The van der Waals surface area contributed by atoms with Crippen molar-refractivity contribution in [3.05, 3.63) is 51.1 Å². The number of rotatable bonds is 7. The predicted molar refractivity (Wildman–Crippen MR) is 109 cm³/mol. The van der Waals surface area contributed by atoms with Crippen molar-refractivity contribution in [1.29, 1.82) is 0 Å². The van der Waals surface area contributed by atoms with Gasteiger partial charge < -0.3 is 14.8 Å². The first-order chi connectivity index (χ1) is 13.5. The highest BCUT2D eigenvalue weighted by molar-refractivity contribution is 8.18. The van der Waals surface area contributed by atoms with Crippen molar-refractivity contribution in [2.45, 2.75) is 0 Å². The number of carbonyl (C=O) groups is 3. The van der Waals surface area contributed by atoms with E-state index >= 15 is 0 Å². The monoisotopic (exact) mass is 418 g/mol. The maximum Gasteiger partial charge on any atom is 0.293 e. The van der Waals surface area contributed by atoms with E-state index in [1.165, 1.54) is 25.6 Å². The minimum atomic E-state index is -0.349. The molecule has 0 saturated carbocycles. The summed E-state index contributed by atoms with van der Waals surface area (Å²) in [5, 5.41) is 4.27. The summed E-state index contributed by atoms with van der Waals surface area (Å²) in [6, 6.07) is 8.59. The van der Waals surface area contributed by atoms with Crippen LogP contribution in [-0.4, -0.2) is 49.3 Å². The molecule has 0 unspecified atom stereocenters. The number of carbonyl (C=O) groups excluding carboxylic acids is 3. The molecule has 0 atom stereocenters. The van der Waals surface area contributed by atoms with E-state index in [2.05, 4.69) is 5.32 Å². The molecule has 28 heavy (non-hydrogen) atoms. The number of thiophene rings is 1. The smallest absolute Gasteiger partial charge is 0.293 e. The summed E-state index contributed by atoms with van der Waals surface area (Å²) in [6.07, 6.45) is 1.71. The van der Waals surface area contributed by atoms with Crippen LogP contribution in [0.2, 0.25) is 0 Å². The van der Waals surface area contributed by atoms with Crippen LogP contribution < -0.4 is 14.8 Å². The van der Waals surface area contributed by atoms with E-state index in [4.69, 9.17) is 9.47 Å². The zero-order valence-corrected chi connectivity index (χ0v) is 16.9. The van der Waals surface area contributed by atoms with Crippen LogP contribution in [0.3, 0.4) is 0 Å². The van der Waals surface area contributed by atoms with Gasteiger partial charge in [0.2, 0.25) is 0 Å². The quantitative estimate of drug-likeness (QED) is 0.695. The molecule has 7 nitrogen and oxygen atoms in total. The van der Waals surface area contributed by atoms with Crippen LogP contribution in [0, 0.1) is 0 Å². The number of ether oxygens (including phenoxy) is 2. The topological polar surface area (TPSA) is 84.9 Å². The Labute approximate surface area is 170 Å². The lowest BCUT2D eigenvalue weighted by Gasteiger charge is -2.13. The summed E-state index contributed by atoms with van der Waals surface area (Å²) in [6.45, 7) is 0.238. The molecule has 0 aliphatic carbocycles. The van der Waals surface area contributed by atoms with E-state index in [0.29, 0.717) is 22.0 Å². The number of thioether (sulfide) groups is 1. The Hall–Kier alpha value is -2.78. The highest BCUT2D eigenvalue weighted by atomic mass is 32.2. The van der Waals surface area contributed by atoms with E-state index in [-0.39, 0.29) is 30.1 Å². The molecule has 3 amide bonds. The molecule has 3 rings (SSSR count). The summed E-state index contributed by atoms with van der Waals surface area (Å²) in [5.74, 6) is 0.294. The second kappa shape index (κ2) is 8.94. The maximum absolute atomic E-state index is 12.4. The van der Waals surface area contributed by atoms with Crippen molar-refractivity contribution in [3.63, 3.8) is 0 Å². The largest absolute Gasteiger partial charge is 0.497 e. The summed E-state index contributed by atoms with van der Waals surface area (Å²) < 4.78 is 10.3. The van der Waals surface area contributed by atoms with Gasteiger partial charge in [-0.15, -0.1) is 11.3 Å².